The molecule has 4 aromatic rings. The predicted molar refractivity (Wildman–Crippen MR) is 158 cm³/mol. The van der Waals surface area contributed by atoms with E-state index < -0.39 is 0 Å². The Morgan fingerprint density at radius 1 is 1.00 bits per heavy atom. The van der Waals surface area contributed by atoms with Gasteiger partial charge in [0.15, 0.2) is 11.0 Å². The highest BCUT2D eigenvalue weighted by Gasteiger charge is 2.19. The minimum Gasteiger partial charge on any atom is -0.272 e. The first-order chi connectivity index (χ1) is 18.0. The molecule has 9 heteroatoms. The van der Waals surface area contributed by atoms with Crippen LogP contribution in [0.5, 0.6) is 0 Å². The number of benzene rings is 3. The van der Waals surface area contributed by atoms with Gasteiger partial charge in [0.1, 0.15) is 0 Å². The van der Waals surface area contributed by atoms with E-state index in [4.69, 9.17) is 23.2 Å². The molecule has 1 amide bonds. The highest BCUT2D eigenvalue weighted by Crippen LogP contribution is 2.30. The van der Waals surface area contributed by atoms with E-state index in [1.165, 1.54) is 17.3 Å². The lowest BCUT2D eigenvalue weighted by Crippen LogP contribution is -2.21. The van der Waals surface area contributed by atoms with Crippen LogP contribution in [-0.4, -0.2) is 32.1 Å². The third-order valence-electron chi connectivity index (χ3n) is 5.94. The summed E-state index contributed by atoms with van der Waals surface area (Å²) in [6, 6.07) is 21.7. The number of amides is 1. The second-order valence-electron chi connectivity index (χ2n) is 9.95. The Morgan fingerprint density at radius 2 is 1.68 bits per heavy atom. The van der Waals surface area contributed by atoms with Gasteiger partial charge in [0, 0.05) is 21.8 Å². The van der Waals surface area contributed by atoms with Crippen molar-refractivity contribution >= 4 is 46.6 Å². The van der Waals surface area contributed by atoms with Crippen molar-refractivity contribution in [2.24, 2.45) is 5.10 Å². The average Bonchev–Trinajstić information content (AvgIpc) is 3.30. The number of halogens is 2. The first kappa shape index (κ1) is 27.9. The number of aryl methyl sites for hydroxylation is 1. The van der Waals surface area contributed by atoms with Crippen LogP contribution in [0.4, 0.5) is 0 Å². The Balaban J connectivity index is 1.55. The molecule has 0 saturated carbocycles. The summed E-state index contributed by atoms with van der Waals surface area (Å²) >= 11 is 13.5. The van der Waals surface area contributed by atoms with E-state index in [0.717, 1.165) is 16.8 Å². The van der Waals surface area contributed by atoms with Gasteiger partial charge in [-0.05, 0) is 49.1 Å². The first-order valence-corrected chi connectivity index (χ1v) is 13.8. The Labute approximate surface area is 237 Å². The molecule has 0 aliphatic carbocycles. The Morgan fingerprint density at radius 3 is 2.32 bits per heavy atom. The molecule has 0 aliphatic rings. The fourth-order valence-electron chi connectivity index (χ4n) is 3.75. The van der Waals surface area contributed by atoms with Gasteiger partial charge >= 0.3 is 0 Å². The molecule has 0 aliphatic heterocycles. The smallest absolute Gasteiger partial charge is 0.250 e. The van der Waals surface area contributed by atoms with Crippen LogP contribution >= 0.6 is 35.0 Å². The number of carbonyl (C=O) groups is 1. The zero-order valence-corrected chi connectivity index (χ0v) is 24.2. The van der Waals surface area contributed by atoms with Gasteiger partial charge in [-0.3, -0.25) is 9.36 Å². The number of aromatic nitrogens is 3. The maximum absolute atomic E-state index is 12.6. The third kappa shape index (κ3) is 6.65. The van der Waals surface area contributed by atoms with E-state index in [-0.39, 0.29) is 17.1 Å². The van der Waals surface area contributed by atoms with E-state index in [9.17, 15) is 4.79 Å². The minimum atomic E-state index is -0.269. The molecule has 1 heterocycles. The molecule has 196 valence electrons. The van der Waals surface area contributed by atoms with Gasteiger partial charge in [0.25, 0.3) is 5.91 Å². The zero-order valence-electron chi connectivity index (χ0n) is 21.9. The molecule has 6 nitrogen and oxygen atoms in total. The molecule has 0 fully saturated rings. The summed E-state index contributed by atoms with van der Waals surface area (Å²) in [6.45, 7) is 10.4. The maximum atomic E-state index is 12.6. The Bertz CT molecular complexity index is 1470. The van der Waals surface area contributed by atoms with Crippen molar-refractivity contribution in [3.05, 3.63) is 93.5 Å². The Hall–Kier alpha value is -3.13. The zero-order chi connectivity index (χ0) is 27.4. The van der Waals surface area contributed by atoms with Crippen molar-refractivity contribution in [3.8, 4) is 17.1 Å². The largest absolute Gasteiger partial charge is 0.272 e. The number of thioether (sulfide) groups is 1. The highest BCUT2D eigenvalue weighted by atomic mass is 35.5. The van der Waals surface area contributed by atoms with Crippen molar-refractivity contribution in [1.29, 1.82) is 0 Å². The topological polar surface area (TPSA) is 72.2 Å². The van der Waals surface area contributed by atoms with Crippen LogP contribution in [0.1, 0.15) is 44.4 Å². The summed E-state index contributed by atoms with van der Waals surface area (Å²) in [5, 5.41) is 14.7. The van der Waals surface area contributed by atoms with Gasteiger partial charge in [0.2, 0.25) is 0 Å². The van der Waals surface area contributed by atoms with E-state index >= 15 is 0 Å². The number of hydrogen-bond acceptors (Lipinski definition) is 5. The van der Waals surface area contributed by atoms with Crippen LogP contribution in [0.25, 0.3) is 17.1 Å². The summed E-state index contributed by atoms with van der Waals surface area (Å²) in [6.07, 6.45) is 0. The molecule has 0 unspecified atom stereocenters. The van der Waals surface area contributed by atoms with E-state index in [0.29, 0.717) is 32.3 Å². The van der Waals surface area contributed by atoms with Crippen LogP contribution in [0.3, 0.4) is 0 Å². The molecule has 0 bridgehead atoms. The summed E-state index contributed by atoms with van der Waals surface area (Å²) in [4.78, 5) is 12.6. The van der Waals surface area contributed by atoms with Gasteiger partial charge < -0.3 is 0 Å². The summed E-state index contributed by atoms with van der Waals surface area (Å²) in [7, 11) is 0. The van der Waals surface area contributed by atoms with Crippen LogP contribution in [0.2, 0.25) is 10.0 Å². The second-order valence-corrected chi connectivity index (χ2v) is 11.7. The lowest BCUT2D eigenvalue weighted by Gasteiger charge is -2.19. The van der Waals surface area contributed by atoms with Crippen molar-refractivity contribution in [1.82, 2.24) is 20.2 Å². The number of nitrogens with one attached hydrogen (secondary N) is 1. The average molecular weight is 567 g/mol. The van der Waals surface area contributed by atoms with Gasteiger partial charge in [-0.25, -0.2) is 5.43 Å². The summed E-state index contributed by atoms with van der Waals surface area (Å²) in [5.41, 5.74) is 8.19. The predicted octanol–water partition coefficient (Wildman–Crippen LogP) is 7.48. The van der Waals surface area contributed by atoms with Gasteiger partial charge in [-0.1, -0.05) is 104 Å². The summed E-state index contributed by atoms with van der Waals surface area (Å²) in [5.74, 6) is 0.551. The number of hydrogen-bond donors (Lipinski definition) is 1. The monoisotopic (exact) mass is 565 g/mol. The SMILES string of the molecule is C/C(=N/NC(=O)CSc1nnc(-c2ccc(C(C)(C)C)cc2)n1-c1ccc(C)cc1)c1ccc(Cl)cc1Cl. The van der Waals surface area contributed by atoms with Crippen molar-refractivity contribution in [2.75, 3.05) is 5.75 Å². The standard InChI is InChI=1S/C29H29Cl2N5OS/c1-18-6-13-23(14-7-18)36-27(20-8-10-21(11-9-20)29(3,4)5)34-35-28(36)38-17-26(37)33-32-19(2)24-15-12-22(30)16-25(24)31/h6-16H,17H2,1-5H3,(H,33,37)/b32-19-. The van der Waals surface area contributed by atoms with Gasteiger partial charge in [0.05, 0.1) is 16.5 Å². The van der Waals surface area contributed by atoms with Crippen molar-refractivity contribution in [2.45, 2.75) is 45.2 Å². The maximum Gasteiger partial charge on any atom is 0.250 e. The van der Waals surface area contributed by atoms with Crippen LogP contribution in [-0.2, 0) is 10.2 Å². The number of rotatable bonds is 7. The van der Waals surface area contributed by atoms with E-state index in [1.54, 1.807) is 25.1 Å². The second kappa shape index (κ2) is 11.7. The van der Waals surface area contributed by atoms with Crippen LogP contribution < -0.4 is 5.43 Å². The first-order valence-electron chi connectivity index (χ1n) is 12.1. The molecule has 0 saturated heterocycles. The molecule has 1 aromatic heterocycles. The quantitative estimate of drug-likeness (QED) is 0.143. The molecule has 0 radical (unpaired) electrons. The third-order valence-corrected chi connectivity index (χ3v) is 7.41. The number of nitrogens with zero attached hydrogens (tertiary/aromatic N) is 4. The van der Waals surface area contributed by atoms with Gasteiger partial charge in [-0.2, -0.15) is 5.10 Å². The normalized spacial score (nSPS) is 12.0. The summed E-state index contributed by atoms with van der Waals surface area (Å²) < 4.78 is 1.98. The van der Waals surface area contributed by atoms with Crippen molar-refractivity contribution < 1.29 is 4.79 Å². The number of carbonyl (C=O) groups excluding carboxylic acids is 1. The van der Waals surface area contributed by atoms with E-state index in [2.05, 4.69) is 65.8 Å². The molecule has 0 atom stereocenters. The molecule has 38 heavy (non-hydrogen) atoms. The van der Waals surface area contributed by atoms with Crippen LogP contribution in [0, 0.1) is 6.92 Å². The fraction of sp³-hybridized carbons (Fsp3) is 0.241. The van der Waals surface area contributed by atoms with Crippen molar-refractivity contribution in [3.63, 3.8) is 0 Å². The Kier molecular flexibility index (Phi) is 8.61. The fourth-order valence-corrected chi connectivity index (χ4v) is 5.04. The lowest BCUT2D eigenvalue weighted by molar-refractivity contribution is -0.118. The lowest BCUT2D eigenvalue weighted by atomic mass is 9.87. The molecule has 0 spiro atoms. The number of hydrazone groups is 1. The van der Waals surface area contributed by atoms with Crippen LogP contribution in [0.15, 0.2) is 77.0 Å². The molecular weight excluding hydrogens is 537 g/mol. The molecule has 3 aromatic carbocycles. The minimum absolute atomic E-state index is 0.0528. The molecule has 1 N–H and O–H groups in total. The van der Waals surface area contributed by atoms with Gasteiger partial charge in [-0.15, -0.1) is 10.2 Å². The molecular formula is C29H29Cl2N5OS. The van der Waals surface area contributed by atoms with E-state index in [1.807, 2.05) is 35.8 Å². The highest BCUT2D eigenvalue weighted by molar-refractivity contribution is 7.99. The molecule has 4 rings (SSSR count).